The van der Waals surface area contributed by atoms with E-state index in [9.17, 15) is 4.79 Å². The van der Waals surface area contributed by atoms with Gasteiger partial charge in [0.05, 0.1) is 19.4 Å². The highest BCUT2D eigenvalue weighted by molar-refractivity contribution is 7.10. The van der Waals surface area contributed by atoms with Gasteiger partial charge in [0.25, 0.3) is 0 Å². The molecule has 0 unspecified atom stereocenters. The molecule has 2 rings (SSSR count). The van der Waals surface area contributed by atoms with Gasteiger partial charge in [-0.2, -0.15) is 0 Å². The molecule has 0 aliphatic heterocycles. The number of hydrogen-bond donors (Lipinski definition) is 2. The topological polar surface area (TPSA) is 62.5 Å². The highest BCUT2D eigenvalue weighted by atomic mass is 32.1. The minimum Gasteiger partial charge on any atom is -0.469 e. The second kappa shape index (κ2) is 8.30. The van der Waals surface area contributed by atoms with Crippen LogP contribution < -0.4 is 5.32 Å². The Labute approximate surface area is 127 Å². The predicted octanol–water partition coefficient (Wildman–Crippen LogP) is 2.32. The van der Waals surface area contributed by atoms with Crippen LogP contribution in [0.5, 0.6) is 0 Å². The summed E-state index contributed by atoms with van der Waals surface area (Å²) in [6.07, 6.45) is 3.08. The van der Waals surface area contributed by atoms with Crippen molar-refractivity contribution in [2.45, 2.75) is 25.8 Å². The zero-order valence-electron chi connectivity index (χ0n) is 11.6. The van der Waals surface area contributed by atoms with Crippen molar-refractivity contribution in [3.63, 3.8) is 0 Å². The summed E-state index contributed by atoms with van der Waals surface area (Å²) < 4.78 is 5.19. The summed E-state index contributed by atoms with van der Waals surface area (Å²) >= 11 is 1.57. The summed E-state index contributed by atoms with van der Waals surface area (Å²) in [6.45, 7) is 0.549. The summed E-state index contributed by atoms with van der Waals surface area (Å²) in [6, 6.07) is 5.61. The van der Waals surface area contributed by atoms with Crippen molar-refractivity contribution in [3.8, 4) is 11.8 Å². The Morgan fingerprint density at radius 1 is 1.43 bits per heavy atom. The predicted molar refractivity (Wildman–Crippen MR) is 81.8 cm³/mol. The molecular formula is C16H17NO3S. The maximum absolute atomic E-state index is 11.8. The molecule has 5 heteroatoms. The first-order valence-electron chi connectivity index (χ1n) is 6.75. The molecule has 0 spiro atoms. The van der Waals surface area contributed by atoms with Crippen molar-refractivity contribution in [2.75, 3.05) is 6.61 Å². The molecule has 4 nitrogen and oxygen atoms in total. The van der Waals surface area contributed by atoms with Gasteiger partial charge < -0.3 is 14.8 Å². The Morgan fingerprint density at radius 2 is 2.33 bits per heavy atom. The van der Waals surface area contributed by atoms with Gasteiger partial charge in [-0.15, -0.1) is 11.3 Å². The number of furan rings is 1. The minimum atomic E-state index is -0.00549. The fraction of sp³-hybridized carbons (Fsp3) is 0.312. The summed E-state index contributed by atoms with van der Waals surface area (Å²) in [5, 5.41) is 13.6. The molecule has 0 saturated carbocycles. The SMILES string of the molecule is O=C(CCc1ccco1)NCc1sccc1C#CCCO. The molecule has 0 atom stereocenters. The Kier molecular flexibility index (Phi) is 6.07. The monoisotopic (exact) mass is 303 g/mol. The van der Waals surface area contributed by atoms with E-state index < -0.39 is 0 Å². The van der Waals surface area contributed by atoms with Gasteiger partial charge in [-0.25, -0.2) is 0 Å². The maximum Gasteiger partial charge on any atom is 0.220 e. The molecule has 2 heterocycles. The summed E-state index contributed by atoms with van der Waals surface area (Å²) in [7, 11) is 0. The zero-order valence-corrected chi connectivity index (χ0v) is 12.4. The Morgan fingerprint density at radius 3 is 3.10 bits per heavy atom. The van der Waals surface area contributed by atoms with Crippen LogP contribution in [0.25, 0.3) is 0 Å². The molecule has 0 bridgehead atoms. The molecule has 0 fully saturated rings. The van der Waals surface area contributed by atoms with Crippen molar-refractivity contribution in [1.82, 2.24) is 5.32 Å². The Balaban J connectivity index is 1.79. The van der Waals surface area contributed by atoms with Crippen molar-refractivity contribution >= 4 is 17.2 Å². The number of aryl methyl sites for hydroxylation is 1. The lowest BCUT2D eigenvalue weighted by Gasteiger charge is -2.03. The standard InChI is InChI=1S/C16H17NO3S/c18-9-2-1-4-13-8-11-21-15(13)12-17-16(19)7-6-14-5-3-10-20-14/h3,5,8,10-11,18H,2,6-7,9,12H2,(H,17,19). The highest BCUT2D eigenvalue weighted by Gasteiger charge is 2.06. The van der Waals surface area contributed by atoms with Crippen LogP contribution >= 0.6 is 11.3 Å². The van der Waals surface area contributed by atoms with Crippen LogP contribution in [-0.2, 0) is 17.8 Å². The van der Waals surface area contributed by atoms with Gasteiger partial charge in [-0.05, 0) is 23.6 Å². The Hall–Kier alpha value is -2.03. The van der Waals surface area contributed by atoms with E-state index in [0.717, 1.165) is 16.2 Å². The van der Waals surface area contributed by atoms with Gasteiger partial charge in [0, 0.05) is 29.7 Å². The first-order valence-corrected chi connectivity index (χ1v) is 7.62. The number of thiophene rings is 1. The number of carbonyl (C=O) groups is 1. The molecule has 110 valence electrons. The third-order valence-electron chi connectivity index (χ3n) is 2.83. The van der Waals surface area contributed by atoms with E-state index in [0.29, 0.717) is 25.8 Å². The molecule has 2 N–H and O–H groups in total. The molecule has 2 aromatic heterocycles. The van der Waals surface area contributed by atoms with Gasteiger partial charge in [0.15, 0.2) is 0 Å². The number of nitrogens with one attached hydrogen (secondary N) is 1. The third kappa shape index (κ3) is 5.10. The van der Waals surface area contributed by atoms with Crippen LogP contribution in [-0.4, -0.2) is 17.6 Å². The lowest BCUT2D eigenvalue weighted by atomic mass is 10.2. The molecule has 1 amide bonds. The van der Waals surface area contributed by atoms with E-state index >= 15 is 0 Å². The summed E-state index contributed by atoms with van der Waals surface area (Å²) in [5.41, 5.74) is 0.916. The number of hydrogen-bond acceptors (Lipinski definition) is 4. The van der Waals surface area contributed by atoms with Gasteiger partial charge in [-0.1, -0.05) is 11.8 Å². The quantitative estimate of drug-likeness (QED) is 0.805. The fourth-order valence-corrected chi connectivity index (χ4v) is 2.53. The molecule has 2 aromatic rings. The van der Waals surface area contributed by atoms with E-state index in [1.807, 2.05) is 23.6 Å². The molecule has 0 radical (unpaired) electrons. The van der Waals surface area contributed by atoms with Gasteiger partial charge >= 0.3 is 0 Å². The zero-order chi connectivity index (χ0) is 14.9. The average Bonchev–Trinajstić information content (AvgIpc) is 3.15. The number of aliphatic hydroxyl groups is 1. The maximum atomic E-state index is 11.8. The largest absolute Gasteiger partial charge is 0.469 e. The van der Waals surface area contributed by atoms with Crippen molar-refractivity contribution < 1.29 is 14.3 Å². The minimum absolute atomic E-state index is 0.00549. The molecule has 0 saturated heterocycles. The second-order valence-corrected chi connectivity index (χ2v) is 5.39. The van der Waals surface area contributed by atoms with Crippen LogP contribution in [0.15, 0.2) is 34.3 Å². The van der Waals surface area contributed by atoms with E-state index in [2.05, 4.69) is 17.2 Å². The number of amides is 1. The lowest BCUT2D eigenvalue weighted by Crippen LogP contribution is -2.22. The average molecular weight is 303 g/mol. The van der Waals surface area contributed by atoms with Gasteiger partial charge in [0.1, 0.15) is 5.76 Å². The lowest BCUT2D eigenvalue weighted by molar-refractivity contribution is -0.121. The summed E-state index contributed by atoms with van der Waals surface area (Å²) in [5.74, 6) is 6.71. The highest BCUT2D eigenvalue weighted by Crippen LogP contribution is 2.15. The second-order valence-electron chi connectivity index (χ2n) is 4.39. The van der Waals surface area contributed by atoms with Crippen LogP contribution in [0.3, 0.4) is 0 Å². The molecule has 0 aliphatic carbocycles. The van der Waals surface area contributed by atoms with Crippen LogP contribution in [0.1, 0.15) is 29.0 Å². The van der Waals surface area contributed by atoms with Crippen molar-refractivity contribution in [2.24, 2.45) is 0 Å². The first-order chi connectivity index (χ1) is 10.3. The molecule has 0 aromatic carbocycles. The molecular weight excluding hydrogens is 286 g/mol. The third-order valence-corrected chi connectivity index (χ3v) is 3.75. The van der Waals surface area contributed by atoms with Crippen LogP contribution in [0.2, 0.25) is 0 Å². The van der Waals surface area contributed by atoms with E-state index in [1.165, 1.54) is 0 Å². The van der Waals surface area contributed by atoms with Crippen LogP contribution in [0, 0.1) is 11.8 Å². The fourth-order valence-electron chi connectivity index (χ4n) is 1.76. The molecule has 0 aliphatic rings. The van der Waals surface area contributed by atoms with E-state index in [4.69, 9.17) is 9.52 Å². The van der Waals surface area contributed by atoms with Crippen molar-refractivity contribution in [3.05, 3.63) is 46.0 Å². The van der Waals surface area contributed by atoms with Gasteiger partial charge in [-0.3, -0.25) is 4.79 Å². The smallest absolute Gasteiger partial charge is 0.220 e. The van der Waals surface area contributed by atoms with Crippen LogP contribution in [0.4, 0.5) is 0 Å². The van der Waals surface area contributed by atoms with Crippen molar-refractivity contribution in [1.29, 1.82) is 0 Å². The van der Waals surface area contributed by atoms with E-state index in [-0.39, 0.29) is 12.5 Å². The van der Waals surface area contributed by atoms with Gasteiger partial charge in [0.2, 0.25) is 5.91 Å². The first kappa shape index (κ1) is 15.4. The molecule has 21 heavy (non-hydrogen) atoms. The van der Waals surface area contributed by atoms with E-state index in [1.54, 1.807) is 17.6 Å². The number of aliphatic hydroxyl groups excluding tert-OH is 1. The number of carbonyl (C=O) groups excluding carboxylic acids is 1. The number of rotatable bonds is 6. The normalized spacial score (nSPS) is 9.95. The summed E-state index contributed by atoms with van der Waals surface area (Å²) in [4.78, 5) is 12.8. The Bertz CT molecular complexity index is 619.